The highest BCUT2D eigenvalue weighted by molar-refractivity contribution is 6.05. The van der Waals surface area contributed by atoms with Crippen LogP contribution in [0.2, 0.25) is 0 Å². The Morgan fingerprint density at radius 3 is 2.18 bits per heavy atom. The van der Waals surface area contributed by atoms with Crippen LogP contribution in [0.3, 0.4) is 0 Å². The van der Waals surface area contributed by atoms with Crippen molar-refractivity contribution >= 4 is 17.5 Å². The van der Waals surface area contributed by atoms with Crippen LogP contribution >= 0.6 is 0 Å². The van der Waals surface area contributed by atoms with Crippen LogP contribution in [0.25, 0.3) is 0 Å². The molecule has 0 aliphatic rings. The van der Waals surface area contributed by atoms with E-state index >= 15 is 0 Å². The molecule has 4 aromatic rings. The number of para-hydroxylation sites is 1. The van der Waals surface area contributed by atoms with Crippen molar-refractivity contribution in [1.29, 1.82) is 0 Å². The van der Waals surface area contributed by atoms with Crippen molar-refractivity contribution in [2.45, 2.75) is 6.54 Å². The zero-order valence-corrected chi connectivity index (χ0v) is 18.4. The summed E-state index contributed by atoms with van der Waals surface area (Å²) in [6, 6.07) is 26.7. The average molecular weight is 456 g/mol. The van der Waals surface area contributed by atoms with Gasteiger partial charge in [0.05, 0.1) is 12.8 Å². The predicted octanol–water partition coefficient (Wildman–Crippen LogP) is 4.92. The second-order valence-corrected chi connectivity index (χ2v) is 7.33. The zero-order chi connectivity index (χ0) is 23.6. The SMILES string of the molecule is O=C(NCc1ccco1)c1cccc(NC(=O)c2cccc(OCCOc3ccccc3)c2)c1. The number of benzene rings is 3. The predicted molar refractivity (Wildman–Crippen MR) is 128 cm³/mol. The third-order valence-corrected chi connectivity index (χ3v) is 4.85. The van der Waals surface area contributed by atoms with E-state index in [9.17, 15) is 9.59 Å². The number of carbonyl (C=O) groups is 2. The van der Waals surface area contributed by atoms with Crippen LogP contribution in [0.5, 0.6) is 11.5 Å². The third kappa shape index (κ3) is 6.49. The van der Waals surface area contributed by atoms with Crippen LogP contribution in [0.1, 0.15) is 26.5 Å². The van der Waals surface area contributed by atoms with E-state index < -0.39 is 0 Å². The van der Waals surface area contributed by atoms with Crippen LogP contribution < -0.4 is 20.1 Å². The molecule has 0 fully saturated rings. The van der Waals surface area contributed by atoms with Crippen molar-refractivity contribution in [3.63, 3.8) is 0 Å². The Hall–Kier alpha value is -4.52. The normalized spacial score (nSPS) is 10.4. The van der Waals surface area contributed by atoms with Crippen molar-refractivity contribution in [3.8, 4) is 11.5 Å². The van der Waals surface area contributed by atoms with Gasteiger partial charge in [0.15, 0.2) is 0 Å². The summed E-state index contributed by atoms with van der Waals surface area (Å²) in [6.07, 6.45) is 1.55. The maximum atomic E-state index is 12.7. The number of rotatable bonds is 10. The van der Waals surface area contributed by atoms with E-state index in [1.54, 1.807) is 66.9 Å². The summed E-state index contributed by atoms with van der Waals surface area (Å²) < 4.78 is 16.5. The smallest absolute Gasteiger partial charge is 0.255 e. The molecule has 1 heterocycles. The van der Waals surface area contributed by atoms with Crippen LogP contribution in [-0.4, -0.2) is 25.0 Å². The lowest BCUT2D eigenvalue weighted by Crippen LogP contribution is -2.22. The third-order valence-electron chi connectivity index (χ3n) is 4.85. The van der Waals surface area contributed by atoms with Crippen LogP contribution in [0, 0.1) is 0 Å². The highest BCUT2D eigenvalue weighted by Gasteiger charge is 2.11. The maximum Gasteiger partial charge on any atom is 0.255 e. The van der Waals surface area contributed by atoms with Gasteiger partial charge >= 0.3 is 0 Å². The summed E-state index contributed by atoms with van der Waals surface area (Å²) in [5.41, 5.74) is 1.38. The van der Waals surface area contributed by atoms with Crippen molar-refractivity contribution in [2.24, 2.45) is 0 Å². The Morgan fingerprint density at radius 1 is 0.706 bits per heavy atom. The van der Waals surface area contributed by atoms with Gasteiger partial charge in [0, 0.05) is 16.8 Å². The first-order chi connectivity index (χ1) is 16.7. The molecule has 0 saturated heterocycles. The largest absolute Gasteiger partial charge is 0.490 e. The molecule has 7 nitrogen and oxygen atoms in total. The molecule has 172 valence electrons. The quantitative estimate of drug-likeness (QED) is 0.331. The topological polar surface area (TPSA) is 89.8 Å². The van der Waals surface area contributed by atoms with Crippen LogP contribution in [-0.2, 0) is 6.54 Å². The lowest BCUT2D eigenvalue weighted by molar-refractivity contribution is 0.0946. The Balaban J connectivity index is 1.30. The van der Waals surface area contributed by atoms with Gasteiger partial charge in [0.25, 0.3) is 11.8 Å². The first-order valence-electron chi connectivity index (χ1n) is 10.8. The van der Waals surface area contributed by atoms with Gasteiger partial charge in [0.2, 0.25) is 0 Å². The fraction of sp³-hybridized carbons (Fsp3) is 0.111. The molecule has 34 heavy (non-hydrogen) atoms. The van der Waals surface area contributed by atoms with Crippen LogP contribution in [0.15, 0.2) is 102 Å². The van der Waals surface area contributed by atoms with Gasteiger partial charge in [-0.1, -0.05) is 30.3 Å². The Morgan fingerprint density at radius 2 is 1.41 bits per heavy atom. The van der Waals surface area contributed by atoms with Crippen LogP contribution in [0.4, 0.5) is 5.69 Å². The number of anilines is 1. The number of ether oxygens (including phenoxy) is 2. The van der Waals surface area contributed by atoms with Gasteiger partial charge in [-0.05, 0) is 60.7 Å². The second kappa shape index (κ2) is 11.4. The van der Waals surface area contributed by atoms with Gasteiger partial charge in [0.1, 0.15) is 30.5 Å². The molecule has 4 rings (SSSR count). The summed E-state index contributed by atoms with van der Waals surface area (Å²) in [6.45, 7) is 1.01. The van der Waals surface area contributed by atoms with E-state index in [0.717, 1.165) is 5.75 Å². The van der Waals surface area contributed by atoms with Crippen molar-refractivity contribution < 1.29 is 23.5 Å². The van der Waals surface area contributed by atoms with E-state index in [1.807, 2.05) is 30.3 Å². The van der Waals surface area contributed by atoms with E-state index in [-0.39, 0.29) is 18.4 Å². The number of furan rings is 1. The Labute approximate surface area is 197 Å². The number of hydrogen-bond acceptors (Lipinski definition) is 5. The van der Waals surface area contributed by atoms with Crippen molar-refractivity contribution in [1.82, 2.24) is 5.32 Å². The van der Waals surface area contributed by atoms with Crippen molar-refractivity contribution in [3.05, 3.63) is 114 Å². The molecule has 0 bridgehead atoms. The molecule has 0 atom stereocenters. The van der Waals surface area contributed by atoms with Gasteiger partial charge < -0.3 is 24.5 Å². The second-order valence-electron chi connectivity index (χ2n) is 7.33. The molecule has 0 aliphatic heterocycles. The molecular formula is C27H24N2O5. The summed E-state index contributed by atoms with van der Waals surface area (Å²) >= 11 is 0. The first kappa shape index (κ1) is 22.7. The molecule has 2 N–H and O–H groups in total. The van der Waals surface area contributed by atoms with E-state index in [0.29, 0.717) is 41.5 Å². The zero-order valence-electron chi connectivity index (χ0n) is 18.4. The summed E-state index contributed by atoms with van der Waals surface area (Å²) in [5.74, 6) is 1.43. The molecule has 0 spiro atoms. The van der Waals surface area contributed by atoms with E-state index in [1.165, 1.54) is 0 Å². The van der Waals surface area contributed by atoms with Crippen molar-refractivity contribution in [2.75, 3.05) is 18.5 Å². The monoisotopic (exact) mass is 456 g/mol. The molecule has 7 heteroatoms. The standard InChI is InChI=1S/C27H24N2O5/c30-26(28-19-25-13-6-14-32-25)20-7-4-9-22(17-20)29-27(31)21-8-5-12-24(18-21)34-16-15-33-23-10-2-1-3-11-23/h1-14,17-18H,15-16,19H2,(H,28,30)(H,29,31). The fourth-order valence-corrected chi connectivity index (χ4v) is 3.19. The Kier molecular flexibility index (Phi) is 7.58. The van der Waals surface area contributed by atoms with Gasteiger partial charge in [-0.3, -0.25) is 9.59 Å². The number of carbonyl (C=O) groups excluding carboxylic acids is 2. The molecule has 0 aliphatic carbocycles. The number of nitrogens with one attached hydrogen (secondary N) is 2. The average Bonchev–Trinajstić information content (AvgIpc) is 3.40. The first-order valence-corrected chi connectivity index (χ1v) is 10.8. The molecule has 1 aromatic heterocycles. The Bertz CT molecular complexity index is 1220. The number of amides is 2. The molecule has 0 radical (unpaired) electrons. The summed E-state index contributed by atoms with van der Waals surface area (Å²) in [7, 11) is 0. The summed E-state index contributed by atoms with van der Waals surface area (Å²) in [4.78, 5) is 25.2. The molecule has 3 aromatic carbocycles. The minimum Gasteiger partial charge on any atom is -0.490 e. The van der Waals surface area contributed by atoms with Gasteiger partial charge in [-0.15, -0.1) is 0 Å². The minimum atomic E-state index is -0.306. The molecule has 0 unspecified atom stereocenters. The van der Waals surface area contributed by atoms with Gasteiger partial charge in [-0.25, -0.2) is 0 Å². The fourth-order valence-electron chi connectivity index (χ4n) is 3.19. The summed E-state index contributed by atoms with van der Waals surface area (Å²) in [5, 5.41) is 5.61. The van der Waals surface area contributed by atoms with E-state index in [4.69, 9.17) is 13.9 Å². The highest BCUT2D eigenvalue weighted by Crippen LogP contribution is 2.17. The van der Waals surface area contributed by atoms with Gasteiger partial charge in [-0.2, -0.15) is 0 Å². The minimum absolute atomic E-state index is 0.263. The number of hydrogen-bond donors (Lipinski definition) is 2. The maximum absolute atomic E-state index is 12.7. The van der Waals surface area contributed by atoms with E-state index in [2.05, 4.69) is 10.6 Å². The highest BCUT2D eigenvalue weighted by atomic mass is 16.5. The molecule has 2 amide bonds. The molecular weight excluding hydrogens is 432 g/mol. The lowest BCUT2D eigenvalue weighted by Gasteiger charge is -2.10. The lowest BCUT2D eigenvalue weighted by atomic mass is 10.1. The molecule has 0 saturated carbocycles.